The van der Waals surface area contributed by atoms with Gasteiger partial charge in [-0.15, -0.1) is 11.3 Å². The van der Waals surface area contributed by atoms with E-state index in [0.717, 1.165) is 12.8 Å². The highest BCUT2D eigenvalue weighted by atomic mass is 35.5. The van der Waals surface area contributed by atoms with Crippen molar-refractivity contribution >= 4 is 34.5 Å². The van der Waals surface area contributed by atoms with Gasteiger partial charge in [0.25, 0.3) is 0 Å². The minimum absolute atomic E-state index is 0.389. The highest BCUT2D eigenvalue weighted by molar-refractivity contribution is 7.10. The molecule has 0 saturated carbocycles. The largest absolute Gasteiger partial charge is 0.304 e. The van der Waals surface area contributed by atoms with E-state index in [-0.39, 0.29) is 0 Å². The molecule has 0 aromatic carbocycles. The summed E-state index contributed by atoms with van der Waals surface area (Å²) < 4.78 is 0. The molecule has 1 aromatic rings. The lowest BCUT2D eigenvalue weighted by molar-refractivity contribution is 0.526. The van der Waals surface area contributed by atoms with E-state index in [9.17, 15) is 0 Å². The summed E-state index contributed by atoms with van der Waals surface area (Å²) in [6.45, 7) is 2.81. The zero-order valence-electron chi connectivity index (χ0n) is 8.67. The fourth-order valence-corrected chi connectivity index (χ4v) is 2.37. The summed E-state index contributed by atoms with van der Waals surface area (Å²) in [5.41, 5.74) is 1.41. The SMILES string of the molecule is CCCC(NCC(Cl)=CCl)c1cccs1. The molecule has 1 rings (SSSR count). The summed E-state index contributed by atoms with van der Waals surface area (Å²) in [6, 6.07) is 4.61. The lowest BCUT2D eigenvalue weighted by Gasteiger charge is -2.16. The van der Waals surface area contributed by atoms with Gasteiger partial charge in [0.05, 0.1) is 0 Å². The topological polar surface area (TPSA) is 12.0 Å². The third-order valence-electron chi connectivity index (χ3n) is 2.10. The van der Waals surface area contributed by atoms with E-state index in [4.69, 9.17) is 23.2 Å². The zero-order chi connectivity index (χ0) is 11.1. The van der Waals surface area contributed by atoms with Crippen molar-refractivity contribution in [3.8, 4) is 0 Å². The van der Waals surface area contributed by atoms with Crippen molar-refractivity contribution < 1.29 is 0 Å². The fourth-order valence-electron chi connectivity index (χ4n) is 1.38. The number of halogens is 2. The number of hydrogen-bond donors (Lipinski definition) is 1. The predicted molar refractivity (Wildman–Crippen MR) is 69.8 cm³/mol. The van der Waals surface area contributed by atoms with Gasteiger partial charge in [-0.3, -0.25) is 0 Å². The van der Waals surface area contributed by atoms with Gasteiger partial charge in [-0.05, 0) is 17.9 Å². The maximum atomic E-state index is 5.84. The lowest BCUT2D eigenvalue weighted by atomic mass is 10.1. The van der Waals surface area contributed by atoms with E-state index in [2.05, 4.69) is 29.8 Å². The highest BCUT2D eigenvalue weighted by Gasteiger charge is 2.10. The molecule has 1 N–H and O–H groups in total. The first kappa shape index (κ1) is 13.0. The average Bonchev–Trinajstić information content (AvgIpc) is 2.76. The van der Waals surface area contributed by atoms with Crippen molar-refractivity contribution in [3.63, 3.8) is 0 Å². The highest BCUT2D eigenvalue weighted by Crippen LogP contribution is 2.23. The second-order valence-electron chi connectivity index (χ2n) is 3.29. The minimum atomic E-state index is 0.389. The monoisotopic (exact) mass is 263 g/mol. The van der Waals surface area contributed by atoms with Crippen LogP contribution in [0.5, 0.6) is 0 Å². The van der Waals surface area contributed by atoms with Crippen LogP contribution in [-0.4, -0.2) is 6.54 Å². The Labute approximate surface area is 105 Å². The van der Waals surface area contributed by atoms with E-state index in [0.29, 0.717) is 17.6 Å². The van der Waals surface area contributed by atoms with E-state index in [1.807, 2.05) is 0 Å². The van der Waals surface area contributed by atoms with Crippen LogP contribution in [-0.2, 0) is 0 Å². The molecule has 0 saturated heterocycles. The van der Waals surface area contributed by atoms with Gasteiger partial charge in [0.1, 0.15) is 0 Å². The Morgan fingerprint density at radius 1 is 1.67 bits per heavy atom. The Kier molecular flexibility index (Phi) is 6.34. The van der Waals surface area contributed by atoms with Crippen LogP contribution in [0, 0.1) is 0 Å². The van der Waals surface area contributed by atoms with Gasteiger partial charge < -0.3 is 5.32 Å². The number of nitrogens with one attached hydrogen (secondary N) is 1. The molecular weight excluding hydrogens is 249 g/mol. The van der Waals surface area contributed by atoms with E-state index < -0.39 is 0 Å². The van der Waals surface area contributed by atoms with Crippen LogP contribution in [0.2, 0.25) is 0 Å². The Morgan fingerprint density at radius 3 is 3.00 bits per heavy atom. The van der Waals surface area contributed by atoms with Crippen molar-refractivity contribution in [1.29, 1.82) is 0 Å². The molecule has 0 fully saturated rings. The predicted octanol–water partition coefficient (Wildman–Crippen LogP) is 4.50. The van der Waals surface area contributed by atoms with Gasteiger partial charge >= 0.3 is 0 Å². The third-order valence-corrected chi connectivity index (χ3v) is 3.70. The van der Waals surface area contributed by atoms with Gasteiger partial charge in [-0.1, -0.05) is 42.6 Å². The van der Waals surface area contributed by atoms with Crippen LogP contribution in [0.15, 0.2) is 28.1 Å². The molecule has 15 heavy (non-hydrogen) atoms. The van der Waals surface area contributed by atoms with Crippen molar-refractivity contribution in [3.05, 3.63) is 33.0 Å². The van der Waals surface area contributed by atoms with Crippen molar-refractivity contribution in [2.24, 2.45) is 0 Å². The van der Waals surface area contributed by atoms with Crippen LogP contribution < -0.4 is 5.32 Å². The molecule has 1 atom stereocenters. The molecule has 0 aliphatic rings. The standard InChI is InChI=1S/C11H15Cl2NS/c1-2-4-10(11-5-3-6-15-11)14-8-9(13)7-12/h3,5-7,10,14H,2,4,8H2,1H3. The Hall–Kier alpha value is -0.0200. The Bertz CT molecular complexity index is 296. The van der Waals surface area contributed by atoms with E-state index in [1.54, 1.807) is 11.3 Å². The normalized spacial score (nSPS) is 14.2. The van der Waals surface area contributed by atoms with Crippen LogP contribution in [0.25, 0.3) is 0 Å². The van der Waals surface area contributed by atoms with Gasteiger partial charge in [-0.2, -0.15) is 0 Å². The van der Waals surface area contributed by atoms with Crippen molar-refractivity contribution in [1.82, 2.24) is 5.32 Å². The molecule has 1 unspecified atom stereocenters. The molecule has 0 radical (unpaired) electrons. The summed E-state index contributed by atoms with van der Waals surface area (Å²) in [7, 11) is 0. The molecule has 0 aliphatic carbocycles. The smallest absolute Gasteiger partial charge is 0.0432 e. The lowest BCUT2D eigenvalue weighted by Crippen LogP contribution is -2.21. The first-order valence-electron chi connectivity index (χ1n) is 4.99. The molecule has 1 aromatic heterocycles. The average molecular weight is 264 g/mol. The summed E-state index contributed by atoms with van der Waals surface area (Å²) in [5.74, 6) is 0. The second-order valence-corrected chi connectivity index (χ2v) is 4.98. The summed E-state index contributed by atoms with van der Waals surface area (Å²) in [6.07, 6.45) is 2.27. The maximum absolute atomic E-state index is 5.84. The van der Waals surface area contributed by atoms with Crippen molar-refractivity contribution in [2.75, 3.05) is 6.54 Å². The molecule has 84 valence electrons. The molecule has 0 amide bonds. The summed E-state index contributed by atoms with van der Waals surface area (Å²) >= 11 is 13.1. The van der Waals surface area contributed by atoms with Crippen LogP contribution >= 0.6 is 34.5 Å². The first-order valence-corrected chi connectivity index (χ1v) is 6.68. The van der Waals surface area contributed by atoms with E-state index in [1.165, 1.54) is 10.4 Å². The van der Waals surface area contributed by atoms with E-state index >= 15 is 0 Å². The van der Waals surface area contributed by atoms with Crippen LogP contribution in [0.3, 0.4) is 0 Å². The van der Waals surface area contributed by atoms with Gasteiger partial charge in [0, 0.05) is 28.0 Å². The summed E-state index contributed by atoms with van der Waals surface area (Å²) in [5, 5.41) is 6.14. The Balaban J connectivity index is 2.52. The number of rotatable bonds is 6. The van der Waals surface area contributed by atoms with Gasteiger partial charge in [0.15, 0.2) is 0 Å². The minimum Gasteiger partial charge on any atom is -0.304 e. The third kappa shape index (κ3) is 4.56. The molecule has 4 heteroatoms. The number of thiophene rings is 1. The van der Waals surface area contributed by atoms with Crippen LogP contribution in [0.4, 0.5) is 0 Å². The molecule has 0 aliphatic heterocycles. The molecule has 0 spiro atoms. The zero-order valence-corrected chi connectivity index (χ0v) is 11.0. The maximum Gasteiger partial charge on any atom is 0.0432 e. The van der Waals surface area contributed by atoms with Gasteiger partial charge in [0.2, 0.25) is 0 Å². The van der Waals surface area contributed by atoms with Crippen LogP contribution in [0.1, 0.15) is 30.7 Å². The molecule has 1 heterocycles. The number of hydrogen-bond acceptors (Lipinski definition) is 2. The molecule has 1 nitrogen and oxygen atoms in total. The fraction of sp³-hybridized carbons (Fsp3) is 0.455. The Morgan fingerprint density at radius 2 is 2.47 bits per heavy atom. The first-order chi connectivity index (χ1) is 7.27. The van der Waals surface area contributed by atoms with Crippen molar-refractivity contribution in [2.45, 2.75) is 25.8 Å². The summed E-state index contributed by atoms with van der Waals surface area (Å²) in [4.78, 5) is 1.36. The molecular formula is C11H15Cl2NS. The molecule has 0 bridgehead atoms. The van der Waals surface area contributed by atoms with Gasteiger partial charge in [-0.25, -0.2) is 0 Å². The quantitative estimate of drug-likeness (QED) is 0.797. The second kappa shape index (κ2) is 7.29.